The van der Waals surface area contributed by atoms with Gasteiger partial charge in [0.2, 0.25) is 0 Å². The van der Waals surface area contributed by atoms with Crippen LogP contribution in [0.4, 0.5) is 0 Å². The zero-order chi connectivity index (χ0) is 22.4. The number of nitrogens with zero attached hydrogens (tertiary/aromatic N) is 4. The first-order valence-corrected chi connectivity index (χ1v) is 11.0. The summed E-state index contributed by atoms with van der Waals surface area (Å²) >= 11 is 6.23. The third kappa shape index (κ3) is 3.57. The number of thioether (sulfide) groups is 1. The van der Waals surface area contributed by atoms with Crippen LogP contribution in [-0.2, 0) is 4.79 Å². The second-order valence-electron chi connectivity index (χ2n) is 7.48. The normalized spacial score (nSPS) is 15.3. The van der Waals surface area contributed by atoms with E-state index in [-0.39, 0.29) is 17.6 Å². The standard InChI is InChI=1S/C22H17N5O3S2/c1-12(2)27-22(29)26(11-24-27)15-5-3-13(4-6-15)17-10-23-9-14-7-16(30-19(14)17)8-18-20(28)25-21(31)32-18/h3-12H,1-2H3,(H,25,28,31)/b18-8-. The zero-order valence-corrected chi connectivity index (χ0v) is 18.7. The molecule has 3 aromatic heterocycles. The summed E-state index contributed by atoms with van der Waals surface area (Å²) in [6, 6.07) is 9.35. The Balaban J connectivity index is 1.51. The van der Waals surface area contributed by atoms with Gasteiger partial charge in [0.1, 0.15) is 22.0 Å². The maximum absolute atomic E-state index is 12.5. The molecule has 0 unspecified atom stereocenters. The van der Waals surface area contributed by atoms with Crippen molar-refractivity contribution in [3.8, 4) is 16.8 Å². The van der Waals surface area contributed by atoms with Crippen LogP contribution >= 0.6 is 24.0 Å². The Morgan fingerprint density at radius 1 is 1.19 bits per heavy atom. The molecule has 1 amide bonds. The first-order valence-electron chi connectivity index (χ1n) is 9.80. The van der Waals surface area contributed by atoms with Crippen LogP contribution in [0.25, 0.3) is 33.9 Å². The highest BCUT2D eigenvalue weighted by molar-refractivity contribution is 8.26. The molecule has 0 spiro atoms. The third-order valence-corrected chi connectivity index (χ3v) is 6.16. The minimum Gasteiger partial charge on any atom is -0.456 e. The average Bonchev–Trinajstić information content (AvgIpc) is 3.44. The molecule has 1 fully saturated rings. The minimum absolute atomic E-state index is 0.0147. The second-order valence-corrected chi connectivity index (χ2v) is 9.19. The van der Waals surface area contributed by atoms with Gasteiger partial charge in [0.05, 0.1) is 16.6 Å². The SMILES string of the molecule is CC(C)n1ncn(-c2ccc(-c3cncc4cc(/C=C5\SC(=S)NC5=O)oc34)cc2)c1=O. The van der Waals surface area contributed by atoms with Crippen molar-refractivity contribution >= 4 is 51.3 Å². The molecule has 1 N–H and O–H groups in total. The predicted octanol–water partition coefficient (Wildman–Crippen LogP) is 3.91. The first kappa shape index (κ1) is 20.4. The fraction of sp³-hybridized carbons (Fsp3) is 0.136. The number of benzene rings is 1. The van der Waals surface area contributed by atoms with Crippen molar-refractivity contribution in [3.05, 3.63) is 70.2 Å². The quantitative estimate of drug-likeness (QED) is 0.362. The van der Waals surface area contributed by atoms with Gasteiger partial charge < -0.3 is 9.73 Å². The maximum atomic E-state index is 12.5. The van der Waals surface area contributed by atoms with Gasteiger partial charge in [-0.3, -0.25) is 9.78 Å². The average molecular weight is 464 g/mol. The second kappa shape index (κ2) is 7.88. The van der Waals surface area contributed by atoms with Crippen molar-refractivity contribution in [2.75, 3.05) is 0 Å². The summed E-state index contributed by atoms with van der Waals surface area (Å²) in [6.45, 7) is 3.82. The van der Waals surface area contributed by atoms with Gasteiger partial charge in [-0.25, -0.2) is 14.0 Å². The van der Waals surface area contributed by atoms with Gasteiger partial charge in [0.25, 0.3) is 5.91 Å². The summed E-state index contributed by atoms with van der Waals surface area (Å²) in [5, 5.41) is 7.58. The summed E-state index contributed by atoms with van der Waals surface area (Å²) in [5.74, 6) is 0.311. The molecule has 0 aliphatic carbocycles. The molecule has 0 radical (unpaired) electrons. The molecule has 1 saturated heterocycles. The number of thiocarbonyl (C=S) groups is 1. The Bertz CT molecular complexity index is 1460. The van der Waals surface area contributed by atoms with E-state index < -0.39 is 0 Å². The molecule has 0 saturated carbocycles. The van der Waals surface area contributed by atoms with E-state index in [1.807, 2.05) is 44.2 Å². The van der Waals surface area contributed by atoms with Crippen LogP contribution in [0.1, 0.15) is 25.6 Å². The number of hydrogen-bond donors (Lipinski definition) is 1. The van der Waals surface area contributed by atoms with Gasteiger partial charge in [-0.1, -0.05) is 36.1 Å². The van der Waals surface area contributed by atoms with Gasteiger partial charge in [0.15, 0.2) is 0 Å². The fourth-order valence-electron chi connectivity index (χ4n) is 3.46. The van der Waals surface area contributed by atoms with E-state index in [0.717, 1.165) is 22.2 Å². The van der Waals surface area contributed by atoms with Crippen molar-refractivity contribution < 1.29 is 9.21 Å². The monoisotopic (exact) mass is 463 g/mol. The maximum Gasteiger partial charge on any atom is 0.350 e. The zero-order valence-electron chi connectivity index (χ0n) is 17.1. The van der Waals surface area contributed by atoms with Crippen molar-refractivity contribution in [1.82, 2.24) is 24.6 Å². The number of aromatic nitrogens is 4. The summed E-state index contributed by atoms with van der Waals surface area (Å²) < 4.78 is 9.42. The molecular weight excluding hydrogens is 446 g/mol. The van der Waals surface area contributed by atoms with E-state index in [9.17, 15) is 9.59 Å². The Labute approximate surface area is 191 Å². The van der Waals surface area contributed by atoms with E-state index in [4.69, 9.17) is 16.6 Å². The molecule has 1 aliphatic rings. The van der Waals surface area contributed by atoms with E-state index in [1.165, 1.54) is 27.3 Å². The number of nitrogens with one attached hydrogen (secondary N) is 1. The molecule has 0 bridgehead atoms. The highest BCUT2D eigenvalue weighted by atomic mass is 32.2. The number of hydrogen-bond acceptors (Lipinski definition) is 7. The molecule has 1 aromatic carbocycles. The molecule has 4 aromatic rings. The van der Waals surface area contributed by atoms with Crippen molar-refractivity contribution in [2.24, 2.45) is 0 Å². The van der Waals surface area contributed by atoms with Crippen molar-refractivity contribution in [2.45, 2.75) is 19.9 Å². The highest BCUT2D eigenvalue weighted by Gasteiger charge is 2.23. The number of furan rings is 1. The highest BCUT2D eigenvalue weighted by Crippen LogP contribution is 2.33. The van der Waals surface area contributed by atoms with Gasteiger partial charge >= 0.3 is 5.69 Å². The topological polar surface area (TPSA) is 95.0 Å². The van der Waals surface area contributed by atoms with Crippen LogP contribution in [0.15, 0.2) is 63.2 Å². The molecule has 4 heterocycles. The molecule has 5 rings (SSSR count). The van der Waals surface area contributed by atoms with Crippen LogP contribution in [-0.4, -0.2) is 29.6 Å². The Morgan fingerprint density at radius 2 is 1.97 bits per heavy atom. The summed E-state index contributed by atoms with van der Waals surface area (Å²) in [7, 11) is 0. The first-order chi connectivity index (χ1) is 15.4. The molecule has 8 nitrogen and oxygen atoms in total. The number of rotatable bonds is 4. The summed E-state index contributed by atoms with van der Waals surface area (Å²) in [5.41, 5.74) is 2.89. The summed E-state index contributed by atoms with van der Waals surface area (Å²) in [4.78, 5) is 29.3. The molecule has 160 valence electrons. The van der Waals surface area contributed by atoms with Crippen LogP contribution in [0.3, 0.4) is 0 Å². The number of amides is 1. The number of pyridine rings is 1. The van der Waals surface area contributed by atoms with E-state index in [1.54, 1.807) is 18.5 Å². The number of fused-ring (bicyclic) bond motifs is 1. The lowest BCUT2D eigenvalue weighted by Gasteiger charge is -2.05. The van der Waals surface area contributed by atoms with Gasteiger partial charge in [-0.2, -0.15) is 5.10 Å². The molecule has 10 heteroatoms. The smallest absolute Gasteiger partial charge is 0.350 e. The summed E-state index contributed by atoms with van der Waals surface area (Å²) in [6.07, 6.45) is 6.64. The molecule has 1 aliphatic heterocycles. The predicted molar refractivity (Wildman–Crippen MR) is 128 cm³/mol. The lowest BCUT2D eigenvalue weighted by molar-refractivity contribution is -0.115. The fourth-order valence-corrected chi connectivity index (χ4v) is 4.48. The van der Waals surface area contributed by atoms with Gasteiger partial charge in [0, 0.05) is 29.4 Å². The molecule has 32 heavy (non-hydrogen) atoms. The Kier molecular flexibility index (Phi) is 5.03. The Morgan fingerprint density at radius 3 is 2.62 bits per heavy atom. The van der Waals surface area contributed by atoms with Crippen molar-refractivity contribution in [3.63, 3.8) is 0 Å². The van der Waals surface area contributed by atoms with Gasteiger partial charge in [-0.15, -0.1) is 0 Å². The van der Waals surface area contributed by atoms with E-state index in [0.29, 0.717) is 20.6 Å². The lowest BCUT2D eigenvalue weighted by atomic mass is 10.1. The van der Waals surface area contributed by atoms with Crippen LogP contribution in [0.2, 0.25) is 0 Å². The minimum atomic E-state index is -0.231. The van der Waals surface area contributed by atoms with Crippen LogP contribution in [0.5, 0.6) is 0 Å². The van der Waals surface area contributed by atoms with Gasteiger partial charge in [-0.05, 0) is 37.6 Å². The number of carbonyl (C=O) groups is 1. The lowest BCUT2D eigenvalue weighted by Crippen LogP contribution is -2.25. The van der Waals surface area contributed by atoms with Crippen LogP contribution in [0, 0.1) is 0 Å². The Hall–Kier alpha value is -3.50. The van der Waals surface area contributed by atoms with Crippen molar-refractivity contribution in [1.29, 1.82) is 0 Å². The molecule has 0 atom stereocenters. The van der Waals surface area contributed by atoms with Crippen LogP contribution < -0.4 is 11.0 Å². The third-order valence-electron chi connectivity index (χ3n) is 5.00. The molecular formula is C22H17N5O3S2. The van der Waals surface area contributed by atoms with E-state index in [2.05, 4.69) is 15.4 Å². The number of carbonyl (C=O) groups excluding carboxylic acids is 1. The van der Waals surface area contributed by atoms with E-state index >= 15 is 0 Å². The largest absolute Gasteiger partial charge is 0.456 e.